The van der Waals surface area contributed by atoms with Gasteiger partial charge in [0, 0.05) is 5.41 Å². The number of nitrogens with two attached hydrogens (primary N) is 1. The lowest BCUT2D eigenvalue weighted by Crippen LogP contribution is -2.51. The van der Waals surface area contributed by atoms with E-state index in [0.717, 1.165) is 24.0 Å². The first-order chi connectivity index (χ1) is 10.8. The van der Waals surface area contributed by atoms with Crippen molar-refractivity contribution in [3.05, 3.63) is 35.2 Å². The van der Waals surface area contributed by atoms with Crippen LogP contribution in [0.15, 0.2) is 35.2 Å². The third-order valence-corrected chi connectivity index (χ3v) is 7.22. The zero-order valence-corrected chi connectivity index (χ0v) is 13.8. The molecule has 4 N–H and O–H groups in total. The minimum atomic E-state index is -0.590. The van der Waals surface area contributed by atoms with Crippen LogP contribution in [0.3, 0.4) is 0 Å². The highest BCUT2D eigenvalue weighted by atomic mass is 19.1. The number of aliphatic hydroxyl groups is 2. The second kappa shape index (κ2) is 4.78. The lowest BCUT2D eigenvalue weighted by Gasteiger charge is -2.55. The van der Waals surface area contributed by atoms with Crippen LogP contribution in [-0.4, -0.2) is 28.5 Å². The molecule has 0 aromatic carbocycles. The molecule has 1 fully saturated rings. The summed E-state index contributed by atoms with van der Waals surface area (Å²) in [7, 11) is 0. The summed E-state index contributed by atoms with van der Waals surface area (Å²) in [6.45, 7) is 4.26. The molecule has 7 atom stereocenters. The maximum atomic E-state index is 14.2. The Labute approximate surface area is 136 Å². The first-order valence-electron chi connectivity index (χ1n) is 8.70. The van der Waals surface area contributed by atoms with E-state index in [4.69, 9.17) is 5.73 Å². The normalized spacial score (nSPS) is 51.9. The van der Waals surface area contributed by atoms with Crippen LogP contribution in [-0.2, 0) is 0 Å². The molecule has 0 amide bonds. The van der Waals surface area contributed by atoms with Crippen molar-refractivity contribution in [3.63, 3.8) is 0 Å². The van der Waals surface area contributed by atoms with Crippen LogP contribution in [0.2, 0.25) is 0 Å². The van der Waals surface area contributed by atoms with Gasteiger partial charge in [-0.25, -0.2) is 4.39 Å². The van der Waals surface area contributed by atoms with Crippen molar-refractivity contribution in [2.24, 2.45) is 28.4 Å². The summed E-state index contributed by atoms with van der Waals surface area (Å²) in [5.74, 6) is 0.210. The van der Waals surface area contributed by atoms with E-state index in [1.54, 1.807) is 6.08 Å². The molecule has 0 saturated heterocycles. The van der Waals surface area contributed by atoms with Gasteiger partial charge in [0.2, 0.25) is 0 Å². The molecule has 0 aromatic heterocycles. The summed E-state index contributed by atoms with van der Waals surface area (Å²) in [6, 6.07) is -0.590. The van der Waals surface area contributed by atoms with Crippen molar-refractivity contribution < 1.29 is 14.6 Å². The van der Waals surface area contributed by atoms with Crippen molar-refractivity contribution in [1.29, 1.82) is 0 Å². The van der Waals surface area contributed by atoms with Crippen LogP contribution in [0, 0.1) is 22.7 Å². The number of allylic oxidation sites excluding steroid dienone is 2. The molecule has 0 bridgehead atoms. The van der Waals surface area contributed by atoms with Gasteiger partial charge in [0.1, 0.15) is 5.83 Å². The van der Waals surface area contributed by atoms with Crippen molar-refractivity contribution in [2.45, 2.75) is 57.8 Å². The van der Waals surface area contributed by atoms with Gasteiger partial charge in [-0.15, -0.1) is 0 Å². The fourth-order valence-corrected chi connectivity index (χ4v) is 5.64. The zero-order chi connectivity index (χ0) is 16.6. The SMILES string of the molecule is C[C@]12CC[C@H]3C(=C1C=C(F)[C@@H]2N)[C@@H](O)CC1C[C@@H](O)C=C[C@@]13C. The summed E-state index contributed by atoms with van der Waals surface area (Å²) >= 11 is 0. The molecule has 4 aliphatic carbocycles. The average Bonchev–Trinajstić information content (AvgIpc) is 2.73. The maximum Gasteiger partial charge on any atom is 0.118 e. The highest BCUT2D eigenvalue weighted by Crippen LogP contribution is 2.61. The number of hydrogen-bond acceptors (Lipinski definition) is 3. The standard InChI is InChI=1S/C19H26FNO2/c1-18-5-3-11(22)7-10(18)8-15(23)16-12(18)4-6-19(2)13(16)9-14(20)17(19)21/h3,5,9-12,15,17,22-23H,4,6-8,21H2,1-2H3/t10?,11-,12-,15-,17-,18-,19-/m0/s1. The smallest absolute Gasteiger partial charge is 0.118 e. The topological polar surface area (TPSA) is 66.5 Å². The fraction of sp³-hybridized carbons (Fsp3) is 0.684. The number of aliphatic hydroxyl groups excluding tert-OH is 2. The Kier molecular flexibility index (Phi) is 3.23. The highest BCUT2D eigenvalue weighted by molar-refractivity contribution is 5.49. The molecule has 4 aliphatic rings. The van der Waals surface area contributed by atoms with Crippen LogP contribution >= 0.6 is 0 Å². The molecule has 0 aromatic rings. The van der Waals surface area contributed by atoms with E-state index in [9.17, 15) is 14.6 Å². The average molecular weight is 319 g/mol. The second-order valence-corrected chi connectivity index (χ2v) is 8.36. The van der Waals surface area contributed by atoms with Gasteiger partial charge in [-0.3, -0.25) is 0 Å². The summed E-state index contributed by atoms with van der Waals surface area (Å²) in [4.78, 5) is 0. The Hall–Kier alpha value is -0.970. The number of halogens is 1. The van der Waals surface area contributed by atoms with Crippen molar-refractivity contribution in [3.8, 4) is 0 Å². The molecule has 0 heterocycles. The van der Waals surface area contributed by atoms with Gasteiger partial charge in [-0.2, -0.15) is 0 Å². The predicted molar refractivity (Wildman–Crippen MR) is 87.0 cm³/mol. The second-order valence-electron chi connectivity index (χ2n) is 8.36. The zero-order valence-electron chi connectivity index (χ0n) is 13.8. The van der Waals surface area contributed by atoms with Crippen LogP contribution in [0.1, 0.15) is 39.5 Å². The minimum absolute atomic E-state index is 0.0703. The molecule has 3 nitrogen and oxygen atoms in total. The van der Waals surface area contributed by atoms with E-state index >= 15 is 0 Å². The van der Waals surface area contributed by atoms with Crippen LogP contribution in [0.25, 0.3) is 0 Å². The molecule has 23 heavy (non-hydrogen) atoms. The third kappa shape index (κ3) is 1.92. The Morgan fingerprint density at radius 3 is 2.74 bits per heavy atom. The van der Waals surface area contributed by atoms with Crippen molar-refractivity contribution in [2.75, 3.05) is 0 Å². The van der Waals surface area contributed by atoms with Crippen LogP contribution < -0.4 is 5.73 Å². The summed E-state index contributed by atoms with van der Waals surface area (Å²) in [5, 5.41) is 20.8. The molecule has 1 saturated carbocycles. The monoisotopic (exact) mass is 319 g/mol. The number of hydrogen-bond donors (Lipinski definition) is 3. The molecule has 0 radical (unpaired) electrons. The van der Waals surface area contributed by atoms with E-state index in [1.807, 2.05) is 13.0 Å². The van der Waals surface area contributed by atoms with Crippen LogP contribution in [0.5, 0.6) is 0 Å². The molecule has 0 spiro atoms. The third-order valence-electron chi connectivity index (χ3n) is 7.22. The minimum Gasteiger partial charge on any atom is -0.389 e. The van der Waals surface area contributed by atoms with Gasteiger partial charge in [0.25, 0.3) is 0 Å². The fourth-order valence-electron chi connectivity index (χ4n) is 5.64. The molecular weight excluding hydrogens is 293 g/mol. The van der Waals surface area contributed by atoms with Crippen molar-refractivity contribution in [1.82, 2.24) is 0 Å². The molecule has 4 rings (SSSR count). The quantitative estimate of drug-likeness (QED) is 0.601. The van der Waals surface area contributed by atoms with E-state index in [1.165, 1.54) is 0 Å². The Morgan fingerprint density at radius 2 is 2.00 bits per heavy atom. The largest absolute Gasteiger partial charge is 0.389 e. The predicted octanol–water partition coefficient (Wildman–Crippen LogP) is 2.60. The summed E-state index contributed by atoms with van der Waals surface area (Å²) in [5.41, 5.74) is 7.59. The van der Waals surface area contributed by atoms with E-state index < -0.39 is 23.7 Å². The molecule has 126 valence electrons. The van der Waals surface area contributed by atoms with Crippen molar-refractivity contribution >= 4 is 0 Å². The lowest BCUT2D eigenvalue weighted by atomic mass is 9.50. The van der Waals surface area contributed by atoms with Gasteiger partial charge in [-0.05, 0) is 60.2 Å². The molecule has 4 heteroatoms. The van der Waals surface area contributed by atoms with Gasteiger partial charge < -0.3 is 15.9 Å². The van der Waals surface area contributed by atoms with Crippen LogP contribution in [0.4, 0.5) is 4.39 Å². The van der Waals surface area contributed by atoms with Gasteiger partial charge >= 0.3 is 0 Å². The molecule has 0 aliphatic heterocycles. The van der Waals surface area contributed by atoms with Gasteiger partial charge in [-0.1, -0.05) is 26.0 Å². The number of rotatable bonds is 0. The highest BCUT2D eigenvalue weighted by Gasteiger charge is 2.56. The van der Waals surface area contributed by atoms with E-state index in [2.05, 4.69) is 13.0 Å². The summed E-state index contributed by atoms with van der Waals surface area (Å²) in [6.07, 6.45) is 7.73. The first kappa shape index (κ1) is 15.6. The maximum absolute atomic E-state index is 14.2. The van der Waals surface area contributed by atoms with Gasteiger partial charge in [0.05, 0.1) is 18.2 Å². The van der Waals surface area contributed by atoms with Gasteiger partial charge in [0.15, 0.2) is 0 Å². The Bertz CT molecular complexity index is 639. The molecule has 1 unspecified atom stereocenters. The number of fused-ring (bicyclic) bond motifs is 4. The lowest BCUT2D eigenvalue weighted by molar-refractivity contribution is -0.000762. The Balaban J connectivity index is 1.86. The Morgan fingerprint density at radius 1 is 1.26 bits per heavy atom. The molecular formula is C19H26FNO2. The van der Waals surface area contributed by atoms with E-state index in [-0.39, 0.29) is 23.1 Å². The summed E-state index contributed by atoms with van der Waals surface area (Å²) < 4.78 is 14.2. The van der Waals surface area contributed by atoms with E-state index in [0.29, 0.717) is 12.8 Å². The first-order valence-corrected chi connectivity index (χ1v) is 8.70.